The van der Waals surface area contributed by atoms with Crippen LogP contribution < -0.4 is 4.90 Å². The molecule has 1 N–H and O–H groups in total. The van der Waals surface area contributed by atoms with Gasteiger partial charge in [0.15, 0.2) is 0 Å². The zero-order valence-corrected chi connectivity index (χ0v) is 20.9. The molecule has 1 fully saturated rings. The van der Waals surface area contributed by atoms with E-state index in [1.807, 2.05) is 4.90 Å². The molecular formula is C28H28F3N3O4. The zero-order chi connectivity index (χ0) is 27.1. The zero-order valence-electron chi connectivity index (χ0n) is 20.9. The van der Waals surface area contributed by atoms with Crippen molar-refractivity contribution in [1.29, 1.82) is 0 Å². The quantitative estimate of drug-likeness (QED) is 0.575. The minimum atomic E-state index is -4.76. The van der Waals surface area contributed by atoms with Crippen molar-refractivity contribution in [3.05, 3.63) is 70.4 Å². The predicted molar refractivity (Wildman–Crippen MR) is 134 cm³/mol. The van der Waals surface area contributed by atoms with Crippen LogP contribution in [0.1, 0.15) is 54.1 Å². The molecule has 0 saturated carbocycles. The third-order valence-corrected chi connectivity index (χ3v) is 7.37. The van der Waals surface area contributed by atoms with Crippen molar-refractivity contribution < 1.29 is 32.6 Å². The van der Waals surface area contributed by atoms with Crippen molar-refractivity contribution in [3.8, 4) is 0 Å². The minimum Gasteiger partial charge on any atom is -0.457 e. The average molecular weight is 528 g/mol. The van der Waals surface area contributed by atoms with Crippen LogP contribution in [0, 0.1) is 5.92 Å². The molecular weight excluding hydrogens is 499 g/mol. The molecule has 10 heteroatoms. The molecule has 1 saturated heterocycles. The largest absolute Gasteiger partial charge is 0.457 e. The third-order valence-electron chi connectivity index (χ3n) is 7.37. The van der Waals surface area contributed by atoms with Gasteiger partial charge in [-0.2, -0.15) is 13.2 Å². The molecule has 2 aliphatic heterocycles. The van der Waals surface area contributed by atoms with Gasteiger partial charge in [-0.25, -0.2) is 9.78 Å². The van der Waals surface area contributed by atoms with Gasteiger partial charge in [0.2, 0.25) is 0 Å². The summed E-state index contributed by atoms with van der Waals surface area (Å²) < 4.78 is 46.2. The highest BCUT2D eigenvalue weighted by atomic mass is 19.4. The first-order chi connectivity index (χ1) is 18.0. The summed E-state index contributed by atoms with van der Waals surface area (Å²) in [6.45, 7) is 2.91. The maximum absolute atomic E-state index is 13.7. The van der Waals surface area contributed by atoms with E-state index in [0.717, 1.165) is 22.9 Å². The number of esters is 1. The lowest BCUT2D eigenvalue weighted by Gasteiger charge is -2.37. The molecule has 0 radical (unpaired) electrons. The third kappa shape index (κ3) is 5.22. The summed E-state index contributed by atoms with van der Waals surface area (Å²) in [5.74, 6) is -0.727. The molecule has 1 aromatic heterocycles. The number of aliphatic imine (C=N–C) groups is 1. The van der Waals surface area contributed by atoms with Crippen molar-refractivity contribution in [2.24, 2.45) is 10.9 Å². The van der Waals surface area contributed by atoms with E-state index < -0.39 is 28.9 Å². The predicted octanol–water partition coefficient (Wildman–Crippen LogP) is 4.54. The van der Waals surface area contributed by atoms with Crippen LogP contribution in [0.25, 0.3) is 0 Å². The Hall–Kier alpha value is -3.53. The highest BCUT2D eigenvalue weighted by Gasteiger charge is 2.43. The Balaban J connectivity index is 1.31. The molecule has 200 valence electrons. The first kappa shape index (κ1) is 26.1. The number of rotatable bonds is 5. The fourth-order valence-electron chi connectivity index (χ4n) is 5.62. The number of nitrogens with zero attached hydrogens (tertiary/aromatic N) is 3. The Bertz CT molecular complexity index is 1310. The van der Waals surface area contributed by atoms with Crippen LogP contribution in [-0.4, -0.2) is 52.8 Å². The summed E-state index contributed by atoms with van der Waals surface area (Å²) in [5, 5.41) is 10.9. The number of aromatic nitrogens is 1. The summed E-state index contributed by atoms with van der Waals surface area (Å²) >= 11 is 0. The molecule has 1 aliphatic carbocycles. The number of ether oxygens (including phenoxy) is 1. The van der Waals surface area contributed by atoms with Crippen molar-refractivity contribution in [2.75, 3.05) is 24.5 Å². The van der Waals surface area contributed by atoms with Crippen LogP contribution in [0.15, 0.2) is 58.7 Å². The normalized spacial score (nSPS) is 22.4. The Labute approximate surface area is 218 Å². The van der Waals surface area contributed by atoms with Crippen LogP contribution >= 0.6 is 0 Å². The van der Waals surface area contributed by atoms with Crippen molar-refractivity contribution in [2.45, 2.75) is 51.0 Å². The number of hydrogen-bond acceptors (Lipinski definition) is 7. The number of piperidine rings is 1. The average Bonchev–Trinajstić information content (AvgIpc) is 3.31. The standard InChI is InChI=1S/C28H28F3N3O4/c1-27(37)13-20(35)11-19-14-33-25(24(19)27)18-7-9-34(10-8-18)23-12-21(22(15-32-23)28(29,30)31)26(36)38-16-17-5-3-2-4-6-17/h2-6,12,15,18,37H,7-11,13-14,16H2,1H3. The fourth-order valence-corrected chi connectivity index (χ4v) is 5.62. The van der Waals surface area contributed by atoms with Crippen molar-refractivity contribution in [1.82, 2.24) is 4.98 Å². The van der Waals surface area contributed by atoms with E-state index in [2.05, 4.69) is 9.98 Å². The monoisotopic (exact) mass is 527 g/mol. The van der Waals surface area contributed by atoms with E-state index >= 15 is 0 Å². The first-order valence-corrected chi connectivity index (χ1v) is 12.6. The number of halogens is 3. The number of benzene rings is 1. The molecule has 1 atom stereocenters. The Morgan fingerprint density at radius 1 is 1.21 bits per heavy atom. The fraction of sp³-hybridized carbons (Fsp3) is 0.429. The van der Waals surface area contributed by atoms with Crippen LogP contribution in [0.5, 0.6) is 0 Å². The van der Waals surface area contributed by atoms with E-state index in [9.17, 15) is 27.9 Å². The molecule has 3 heterocycles. The topological polar surface area (TPSA) is 92.1 Å². The van der Waals surface area contributed by atoms with Gasteiger partial charge in [0.25, 0.3) is 0 Å². The number of hydrogen-bond donors (Lipinski definition) is 1. The molecule has 7 nitrogen and oxygen atoms in total. The smallest absolute Gasteiger partial charge is 0.418 e. The molecule has 1 unspecified atom stereocenters. The highest BCUT2D eigenvalue weighted by Crippen LogP contribution is 2.40. The molecule has 0 bridgehead atoms. The number of Topliss-reactive ketones (excluding diaryl/α,β-unsaturated/α-hetero) is 1. The Kier molecular flexibility index (Phi) is 6.85. The van der Waals surface area contributed by atoms with Gasteiger partial charge in [-0.1, -0.05) is 30.3 Å². The Morgan fingerprint density at radius 3 is 2.61 bits per heavy atom. The first-order valence-electron chi connectivity index (χ1n) is 12.6. The molecule has 1 aromatic carbocycles. The lowest BCUT2D eigenvalue weighted by molar-refractivity contribution is -0.138. The van der Waals surface area contributed by atoms with Crippen LogP contribution in [-0.2, 0) is 22.3 Å². The van der Waals surface area contributed by atoms with Gasteiger partial charge in [0.1, 0.15) is 18.2 Å². The van der Waals surface area contributed by atoms with E-state index in [4.69, 9.17) is 4.74 Å². The van der Waals surface area contributed by atoms with Crippen molar-refractivity contribution in [3.63, 3.8) is 0 Å². The second-order valence-corrected chi connectivity index (χ2v) is 10.3. The number of ketones is 1. The summed E-state index contributed by atoms with van der Waals surface area (Å²) in [4.78, 5) is 35.3. The Morgan fingerprint density at radius 2 is 1.92 bits per heavy atom. The number of pyridine rings is 1. The minimum absolute atomic E-state index is 0.00602. The summed E-state index contributed by atoms with van der Waals surface area (Å²) in [6, 6.07) is 9.89. The van der Waals surface area contributed by atoms with E-state index in [1.165, 1.54) is 0 Å². The number of anilines is 1. The van der Waals surface area contributed by atoms with Gasteiger partial charge in [-0.05, 0) is 37.0 Å². The number of carbonyl (C=O) groups excluding carboxylic acids is 2. The van der Waals surface area contributed by atoms with Gasteiger partial charge in [-0.15, -0.1) is 0 Å². The molecule has 5 rings (SSSR count). The second kappa shape index (κ2) is 9.98. The number of carbonyl (C=O) groups is 2. The molecule has 3 aliphatic rings. The lowest BCUT2D eigenvalue weighted by atomic mass is 9.74. The molecule has 38 heavy (non-hydrogen) atoms. The lowest BCUT2D eigenvalue weighted by Crippen LogP contribution is -2.42. The van der Waals surface area contributed by atoms with Gasteiger partial charge in [-0.3, -0.25) is 9.79 Å². The summed E-state index contributed by atoms with van der Waals surface area (Å²) in [5.41, 5.74) is 0.226. The number of aliphatic hydroxyl groups is 1. The van der Waals surface area contributed by atoms with E-state index in [1.54, 1.807) is 37.3 Å². The maximum Gasteiger partial charge on any atom is 0.418 e. The second-order valence-electron chi connectivity index (χ2n) is 10.3. The van der Waals surface area contributed by atoms with Gasteiger partial charge in [0.05, 0.1) is 23.3 Å². The van der Waals surface area contributed by atoms with Crippen LogP contribution in [0.3, 0.4) is 0 Å². The highest BCUT2D eigenvalue weighted by molar-refractivity contribution is 6.08. The molecule has 0 amide bonds. The SMILES string of the molecule is CC1(O)CC(=O)CC2=C1C(C1CCN(c3cc(C(=O)OCc4ccccc4)c(C(F)(F)F)cn3)CC1)=NC2. The van der Waals surface area contributed by atoms with Gasteiger partial charge in [0, 0.05) is 49.3 Å². The maximum atomic E-state index is 13.7. The summed E-state index contributed by atoms with van der Waals surface area (Å²) in [7, 11) is 0. The van der Waals surface area contributed by atoms with Crippen LogP contribution in [0.2, 0.25) is 0 Å². The van der Waals surface area contributed by atoms with Crippen LogP contribution in [0.4, 0.5) is 19.0 Å². The summed E-state index contributed by atoms with van der Waals surface area (Å²) in [6.07, 6.45) is -2.39. The van der Waals surface area contributed by atoms with Gasteiger partial charge < -0.3 is 14.7 Å². The number of alkyl halides is 3. The van der Waals surface area contributed by atoms with Gasteiger partial charge >= 0.3 is 12.1 Å². The van der Waals surface area contributed by atoms with E-state index in [0.29, 0.717) is 50.7 Å². The van der Waals surface area contributed by atoms with Crippen molar-refractivity contribution >= 4 is 23.3 Å². The molecule has 2 aromatic rings. The molecule has 0 spiro atoms. The van der Waals surface area contributed by atoms with E-state index in [-0.39, 0.29) is 30.5 Å².